The van der Waals surface area contributed by atoms with E-state index in [-0.39, 0.29) is 30.5 Å². The van der Waals surface area contributed by atoms with Crippen molar-refractivity contribution in [2.45, 2.75) is 24.8 Å². The quantitative estimate of drug-likeness (QED) is 0.404. The summed E-state index contributed by atoms with van der Waals surface area (Å²) >= 11 is 7.20. The predicted molar refractivity (Wildman–Crippen MR) is 146 cm³/mol. The van der Waals surface area contributed by atoms with E-state index in [4.69, 9.17) is 16.3 Å². The molecule has 1 saturated heterocycles. The number of piperazine rings is 1. The maximum absolute atomic E-state index is 13.2. The number of sulfonamides is 1. The zero-order valence-corrected chi connectivity index (χ0v) is 22.9. The highest BCUT2D eigenvalue weighted by Crippen LogP contribution is 2.36. The molecule has 3 aromatic rings. The maximum Gasteiger partial charge on any atom is 0.341 e. The summed E-state index contributed by atoms with van der Waals surface area (Å²) in [6.07, 6.45) is 0. The Hall–Kier alpha value is -2.76. The summed E-state index contributed by atoms with van der Waals surface area (Å²) in [5, 5.41) is 3.80. The zero-order chi connectivity index (χ0) is 26.6. The van der Waals surface area contributed by atoms with E-state index in [1.54, 1.807) is 32.0 Å². The first-order chi connectivity index (χ1) is 17.7. The van der Waals surface area contributed by atoms with Crippen LogP contribution in [0.25, 0.3) is 10.4 Å². The van der Waals surface area contributed by atoms with E-state index in [1.165, 1.54) is 27.8 Å². The Balaban J connectivity index is 1.44. The van der Waals surface area contributed by atoms with Crippen molar-refractivity contribution < 1.29 is 22.7 Å². The van der Waals surface area contributed by atoms with Crippen molar-refractivity contribution in [3.05, 3.63) is 71.2 Å². The number of anilines is 1. The molecular formula is C26H28ClN3O5S2. The van der Waals surface area contributed by atoms with Gasteiger partial charge in [-0.05, 0) is 49.7 Å². The number of carbonyl (C=O) groups excluding carboxylic acids is 2. The first-order valence-electron chi connectivity index (χ1n) is 11.9. The highest BCUT2D eigenvalue weighted by Gasteiger charge is 2.32. The summed E-state index contributed by atoms with van der Waals surface area (Å²) < 4.78 is 32.6. The van der Waals surface area contributed by atoms with Crippen LogP contribution in [-0.4, -0.2) is 68.3 Å². The van der Waals surface area contributed by atoms with Crippen LogP contribution in [0.3, 0.4) is 0 Å². The largest absolute Gasteiger partial charge is 0.462 e. The molecule has 8 nitrogen and oxygen atoms in total. The topological polar surface area (TPSA) is 96.0 Å². The molecule has 4 rings (SSSR count). The standard InChI is InChI=1S/C26H28ClN3O5S2/c1-3-35-26(32)22-17-23(19-7-5-4-6-8-19)36-25(22)28-24(31)18(2)29-13-15-30(16-14-29)37(33,34)21-11-9-20(27)10-12-21/h4-12,17-18H,3,13-16H2,1-2H3,(H,28,31)/t18-/m1/s1. The van der Waals surface area contributed by atoms with Gasteiger partial charge in [0, 0.05) is 36.1 Å². The molecule has 11 heteroatoms. The van der Waals surface area contributed by atoms with Gasteiger partial charge >= 0.3 is 5.97 Å². The molecule has 37 heavy (non-hydrogen) atoms. The molecule has 1 aliphatic rings. The summed E-state index contributed by atoms with van der Waals surface area (Å²) in [4.78, 5) is 28.7. The molecule has 1 N–H and O–H groups in total. The van der Waals surface area contributed by atoms with E-state index in [9.17, 15) is 18.0 Å². The van der Waals surface area contributed by atoms with Crippen molar-refractivity contribution >= 4 is 49.8 Å². The second-order valence-electron chi connectivity index (χ2n) is 8.50. The van der Waals surface area contributed by atoms with E-state index in [1.807, 2.05) is 35.2 Å². The minimum atomic E-state index is -3.64. The SMILES string of the molecule is CCOC(=O)c1cc(-c2ccccc2)sc1NC(=O)[C@@H](C)N1CCN(S(=O)(=O)c2ccc(Cl)cc2)CC1. The van der Waals surface area contributed by atoms with Crippen molar-refractivity contribution in [3.8, 4) is 10.4 Å². The number of hydrogen-bond acceptors (Lipinski definition) is 7. The Morgan fingerprint density at radius 1 is 1.05 bits per heavy atom. The molecule has 1 aliphatic heterocycles. The second-order valence-corrected chi connectivity index (χ2v) is 11.9. The van der Waals surface area contributed by atoms with E-state index >= 15 is 0 Å². The van der Waals surface area contributed by atoms with E-state index < -0.39 is 22.0 Å². The number of halogens is 1. The average molecular weight is 562 g/mol. The molecule has 0 unspecified atom stereocenters. The summed E-state index contributed by atoms with van der Waals surface area (Å²) in [6.45, 7) is 5.03. The number of thiophene rings is 1. The molecule has 0 bridgehead atoms. The lowest BCUT2D eigenvalue weighted by atomic mass is 10.1. The Morgan fingerprint density at radius 3 is 2.32 bits per heavy atom. The third kappa shape index (κ3) is 6.22. The highest BCUT2D eigenvalue weighted by atomic mass is 35.5. The first kappa shape index (κ1) is 27.3. The lowest BCUT2D eigenvalue weighted by Crippen LogP contribution is -2.53. The molecule has 196 valence electrons. The van der Waals surface area contributed by atoms with Gasteiger partial charge in [-0.1, -0.05) is 41.9 Å². The van der Waals surface area contributed by atoms with Gasteiger partial charge in [0.2, 0.25) is 15.9 Å². The third-order valence-corrected chi connectivity index (χ3v) is 9.44. The monoisotopic (exact) mass is 561 g/mol. The van der Waals surface area contributed by atoms with Gasteiger partial charge in [0.25, 0.3) is 0 Å². The van der Waals surface area contributed by atoms with Gasteiger partial charge in [0.15, 0.2) is 0 Å². The summed E-state index contributed by atoms with van der Waals surface area (Å²) in [5.74, 6) is -0.772. The molecule has 0 saturated carbocycles. The number of hydrogen-bond donors (Lipinski definition) is 1. The van der Waals surface area contributed by atoms with Crippen molar-refractivity contribution in [2.24, 2.45) is 0 Å². The third-order valence-electron chi connectivity index (χ3n) is 6.17. The van der Waals surface area contributed by atoms with Gasteiger partial charge in [-0.2, -0.15) is 4.31 Å². The Morgan fingerprint density at radius 2 is 1.70 bits per heavy atom. The van der Waals surface area contributed by atoms with Crippen LogP contribution in [0.4, 0.5) is 5.00 Å². The summed E-state index contributed by atoms with van der Waals surface area (Å²) in [7, 11) is -3.64. The van der Waals surface area contributed by atoms with Gasteiger partial charge in [-0.25, -0.2) is 13.2 Å². The molecule has 1 atom stereocenters. The van der Waals surface area contributed by atoms with Gasteiger partial charge in [0.1, 0.15) is 5.00 Å². The zero-order valence-electron chi connectivity index (χ0n) is 20.5. The van der Waals surface area contributed by atoms with Crippen LogP contribution in [0.2, 0.25) is 5.02 Å². The van der Waals surface area contributed by atoms with Crippen molar-refractivity contribution in [2.75, 3.05) is 38.1 Å². The Kier molecular flexibility index (Phi) is 8.66. The predicted octanol–water partition coefficient (Wildman–Crippen LogP) is 4.58. The molecular weight excluding hydrogens is 534 g/mol. The number of benzene rings is 2. The number of nitrogens with one attached hydrogen (secondary N) is 1. The molecule has 1 fully saturated rings. The molecule has 1 aromatic heterocycles. The fourth-order valence-corrected chi connectivity index (χ4v) is 6.66. The highest BCUT2D eigenvalue weighted by molar-refractivity contribution is 7.89. The molecule has 2 aromatic carbocycles. The van der Waals surface area contributed by atoms with Crippen molar-refractivity contribution in [1.29, 1.82) is 0 Å². The van der Waals surface area contributed by atoms with E-state index in [0.717, 1.165) is 10.4 Å². The summed E-state index contributed by atoms with van der Waals surface area (Å²) in [5.41, 5.74) is 1.25. The lowest BCUT2D eigenvalue weighted by Gasteiger charge is -2.36. The minimum absolute atomic E-state index is 0.189. The van der Waals surface area contributed by atoms with E-state index in [0.29, 0.717) is 28.7 Å². The first-order valence-corrected chi connectivity index (χ1v) is 14.5. The number of ether oxygens (including phenoxy) is 1. The average Bonchev–Trinajstić information content (AvgIpc) is 3.33. The van der Waals surface area contributed by atoms with Gasteiger partial charge in [-0.15, -0.1) is 11.3 Å². The normalized spacial score (nSPS) is 15.8. The van der Waals surface area contributed by atoms with Crippen LogP contribution < -0.4 is 5.32 Å². The Labute approximate surface area is 225 Å². The smallest absolute Gasteiger partial charge is 0.341 e. The number of nitrogens with zero attached hydrogens (tertiary/aromatic N) is 2. The molecule has 0 spiro atoms. The number of esters is 1. The Bertz CT molecular complexity index is 1350. The van der Waals surface area contributed by atoms with Crippen molar-refractivity contribution in [1.82, 2.24) is 9.21 Å². The van der Waals surface area contributed by atoms with Gasteiger partial charge < -0.3 is 10.1 Å². The molecule has 0 radical (unpaired) electrons. The summed E-state index contributed by atoms with van der Waals surface area (Å²) in [6, 6.07) is 16.9. The minimum Gasteiger partial charge on any atom is -0.462 e. The van der Waals surface area contributed by atoms with Crippen LogP contribution in [0.1, 0.15) is 24.2 Å². The second kappa shape index (κ2) is 11.7. The lowest BCUT2D eigenvalue weighted by molar-refractivity contribution is -0.121. The van der Waals surface area contributed by atoms with Crippen LogP contribution >= 0.6 is 22.9 Å². The van der Waals surface area contributed by atoms with Gasteiger partial charge in [-0.3, -0.25) is 9.69 Å². The molecule has 2 heterocycles. The van der Waals surface area contributed by atoms with Crippen LogP contribution in [-0.2, 0) is 19.6 Å². The fourth-order valence-electron chi connectivity index (χ4n) is 4.06. The van der Waals surface area contributed by atoms with Crippen LogP contribution in [0, 0.1) is 0 Å². The van der Waals surface area contributed by atoms with Crippen LogP contribution in [0.5, 0.6) is 0 Å². The van der Waals surface area contributed by atoms with Crippen LogP contribution in [0.15, 0.2) is 65.6 Å². The number of amides is 1. The molecule has 1 amide bonds. The number of rotatable bonds is 8. The van der Waals surface area contributed by atoms with Crippen molar-refractivity contribution in [3.63, 3.8) is 0 Å². The van der Waals surface area contributed by atoms with Gasteiger partial charge in [0.05, 0.1) is 23.1 Å². The number of carbonyl (C=O) groups is 2. The fraction of sp³-hybridized carbons (Fsp3) is 0.308. The van der Waals surface area contributed by atoms with E-state index in [2.05, 4.69) is 5.32 Å². The molecule has 0 aliphatic carbocycles. The maximum atomic E-state index is 13.2.